The van der Waals surface area contributed by atoms with E-state index >= 15 is 0 Å². The van der Waals surface area contributed by atoms with Crippen LogP contribution in [0.1, 0.15) is 58.8 Å². The monoisotopic (exact) mass is 366 g/mol. The van der Waals surface area contributed by atoms with Gasteiger partial charge in [-0.1, -0.05) is 26.7 Å². The van der Waals surface area contributed by atoms with E-state index in [0.717, 1.165) is 43.9 Å². The Kier molecular flexibility index (Phi) is 9.20. The lowest BCUT2D eigenvalue weighted by Crippen LogP contribution is -2.47. The third-order valence-corrected chi connectivity index (χ3v) is 6.14. The molecule has 26 heavy (non-hydrogen) atoms. The molecule has 152 valence electrons. The quantitative estimate of drug-likeness (QED) is 0.486. The number of methoxy groups -OCH3 is 1. The Morgan fingerprint density at radius 2 is 2.00 bits per heavy atom. The lowest BCUT2D eigenvalue weighted by Gasteiger charge is -2.34. The zero-order valence-electron chi connectivity index (χ0n) is 17.6. The molecular formula is C21H42N4O. The molecule has 0 radical (unpaired) electrons. The number of ether oxygens (including phenoxy) is 1. The van der Waals surface area contributed by atoms with Crippen LogP contribution in [-0.4, -0.2) is 64.3 Å². The standard InChI is InChI=1S/C21H42N4O/c1-18(2)15-25-12-7-8-19(16-25)14-23-20(22-3)24-17-21(11-13-26-4)9-5-6-10-21/h18-19H,5-17H2,1-4H3,(H2,22,23,24). The normalized spacial score (nSPS) is 24.2. The second kappa shape index (κ2) is 11.1. The summed E-state index contributed by atoms with van der Waals surface area (Å²) in [5, 5.41) is 7.21. The van der Waals surface area contributed by atoms with E-state index in [4.69, 9.17) is 4.74 Å². The van der Waals surface area contributed by atoms with E-state index in [1.807, 2.05) is 14.2 Å². The number of rotatable bonds is 9. The molecule has 5 heteroatoms. The summed E-state index contributed by atoms with van der Waals surface area (Å²) in [6.07, 6.45) is 9.14. The minimum Gasteiger partial charge on any atom is -0.385 e. The first-order valence-corrected chi connectivity index (χ1v) is 10.7. The maximum Gasteiger partial charge on any atom is 0.191 e. The lowest BCUT2D eigenvalue weighted by molar-refractivity contribution is 0.138. The number of guanidine groups is 1. The smallest absolute Gasteiger partial charge is 0.191 e. The molecule has 0 bridgehead atoms. The zero-order chi connectivity index (χ0) is 18.8. The van der Waals surface area contributed by atoms with Gasteiger partial charge in [-0.25, -0.2) is 0 Å². The molecule has 2 fully saturated rings. The largest absolute Gasteiger partial charge is 0.385 e. The highest BCUT2D eigenvalue weighted by Gasteiger charge is 2.33. The van der Waals surface area contributed by atoms with Gasteiger partial charge in [-0.05, 0) is 55.9 Å². The Labute approximate surface area is 161 Å². The van der Waals surface area contributed by atoms with Crippen molar-refractivity contribution in [3.05, 3.63) is 0 Å². The molecule has 1 saturated heterocycles. The van der Waals surface area contributed by atoms with E-state index in [1.165, 1.54) is 58.2 Å². The molecule has 0 spiro atoms. The summed E-state index contributed by atoms with van der Waals surface area (Å²) in [6.45, 7) is 11.3. The molecule has 0 aromatic rings. The predicted octanol–water partition coefficient (Wildman–Crippen LogP) is 3.12. The minimum atomic E-state index is 0.395. The number of nitrogens with one attached hydrogen (secondary N) is 2. The fourth-order valence-corrected chi connectivity index (χ4v) is 4.69. The molecule has 5 nitrogen and oxygen atoms in total. The Bertz CT molecular complexity index is 418. The Morgan fingerprint density at radius 3 is 2.65 bits per heavy atom. The summed E-state index contributed by atoms with van der Waals surface area (Å²) >= 11 is 0. The Balaban J connectivity index is 1.75. The van der Waals surface area contributed by atoms with Crippen LogP contribution in [0.3, 0.4) is 0 Å². The van der Waals surface area contributed by atoms with Crippen LogP contribution < -0.4 is 10.6 Å². The molecule has 1 saturated carbocycles. The van der Waals surface area contributed by atoms with E-state index in [1.54, 1.807) is 0 Å². The highest BCUT2D eigenvalue weighted by Crippen LogP contribution is 2.40. The summed E-state index contributed by atoms with van der Waals surface area (Å²) in [7, 11) is 3.70. The number of hydrogen-bond donors (Lipinski definition) is 2. The molecule has 1 aliphatic heterocycles. The molecule has 0 aromatic carbocycles. The van der Waals surface area contributed by atoms with Crippen LogP contribution in [-0.2, 0) is 4.74 Å². The van der Waals surface area contributed by atoms with Gasteiger partial charge >= 0.3 is 0 Å². The van der Waals surface area contributed by atoms with Gasteiger partial charge in [-0.3, -0.25) is 4.99 Å². The van der Waals surface area contributed by atoms with Gasteiger partial charge in [0.2, 0.25) is 0 Å². The Morgan fingerprint density at radius 1 is 1.23 bits per heavy atom. The topological polar surface area (TPSA) is 48.9 Å². The van der Waals surface area contributed by atoms with Crippen molar-refractivity contribution >= 4 is 5.96 Å². The van der Waals surface area contributed by atoms with E-state index in [9.17, 15) is 0 Å². The van der Waals surface area contributed by atoms with E-state index in [2.05, 4.69) is 34.4 Å². The van der Waals surface area contributed by atoms with Gasteiger partial charge in [0.1, 0.15) is 0 Å². The third-order valence-electron chi connectivity index (χ3n) is 6.14. The first-order chi connectivity index (χ1) is 12.6. The summed E-state index contributed by atoms with van der Waals surface area (Å²) in [5.74, 6) is 2.45. The van der Waals surface area contributed by atoms with Crippen LogP contribution in [0.25, 0.3) is 0 Å². The summed E-state index contributed by atoms with van der Waals surface area (Å²) < 4.78 is 5.35. The molecular weight excluding hydrogens is 324 g/mol. The second-order valence-electron chi connectivity index (χ2n) is 8.92. The van der Waals surface area contributed by atoms with Crippen molar-refractivity contribution in [2.75, 3.05) is 53.5 Å². The number of likely N-dealkylation sites (tertiary alicyclic amines) is 1. The van der Waals surface area contributed by atoms with Crippen molar-refractivity contribution in [3.63, 3.8) is 0 Å². The first-order valence-electron chi connectivity index (χ1n) is 10.7. The average Bonchev–Trinajstić information content (AvgIpc) is 3.09. The van der Waals surface area contributed by atoms with Crippen LogP contribution >= 0.6 is 0 Å². The molecule has 0 amide bonds. The number of nitrogens with zero attached hydrogens (tertiary/aromatic N) is 2. The van der Waals surface area contributed by atoms with Gasteiger partial charge in [0.05, 0.1) is 0 Å². The van der Waals surface area contributed by atoms with Crippen molar-refractivity contribution in [2.24, 2.45) is 22.2 Å². The van der Waals surface area contributed by atoms with Crippen molar-refractivity contribution in [1.82, 2.24) is 15.5 Å². The zero-order valence-corrected chi connectivity index (χ0v) is 17.6. The second-order valence-corrected chi connectivity index (χ2v) is 8.92. The summed E-state index contributed by atoms with van der Waals surface area (Å²) in [6, 6.07) is 0. The maximum atomic E-state index is 5.35. The fourth-order valence-electron chi connectivity index (χ4n) is 4.69. The van der Waals surface area contributed by atoms with Gasteiger partial charge in [-0.15, -0.1) is 0 Å². The van der Waals surface area contributed by atoms with Crippen molar-refractivity contribution in [2.45, 2.75) is 58.8 Å². The van der Waals surface area contributed by atoms with Gasteiger partial charge in [0, 0.05) is 46.9 Å². The highest BCUT2D eigenvalue weighted by atomic mass is 16.5. The molecule has 1 heterocycles. The summed E-state index contributed by atoms with van der Waals surface area (Å²) in [4.78, 5) is 7.10. The molecule has 1 aliphatic carbocycles. The SMILES string of the molecule is CN=C(NCC1CCCN(CC(C)C)C1)NCC1(CCOC)CCCC1. The lowest BCUT2D eigenvalue weighted by atomic mass is 9.83. The van der Waals surface area contributed by atoms with Crippen LogP contribution in [0.5, 0.6) is 0 Å². The van der Waals surface area contributed by atoms with Gasteiger partial charge < -0.3 is 20.3 Å². The van der Waals surface area contributed by atoms with Crippen molar-refractivity contribution < 1.29 is 4.74 Å². The van der Waals surface area contributed by atoms with Crippen LogP contribution in [0, 0.1) is 17.3 Å². The first kappa shape index (κ1) is 21.5. The third kappa shape index (κ3) is 7.07. The van der Waals surface area contributed by atoms with Gasteiger partial charge in [0.15, 0.2) is 5.96 Å². The average molecular weight is 367 g/mol. The van der Waals surface area contributed by atoms with Gasteiger partial charge in [0.25, 0.3) is 0 Å². The molecule has 2 rings (SSSR count). The molecule has 0 aromatic heterocycles. The number of aliphatic imine (C=N–C) groups is 1. The van der Waals surface area contributed by atoms with E-state index in [0.29, 0.717) is 5.41 Å². The van der Waals surface area contributed by atoms with Crippen LogP contribution in [0.4, 0.5) is 0 Å². The molecule has 1 unspecified atom stereocenters. The van der Waals surface area contributed by atoms with Gasteiger partial charge in [-0.2, -0.15) is 0 Å². The maximum absolute atomic E-state index is 5.35. The Hall–Kier alpha value is -0.810. The fraction of sp³-hybridized carbons (Fsp3) is 0.952. The van der Waals surface area contributed by atoms with Crippen LogP contribution in [0.15, 0.2) is 4.99 Å². The number of hydrogen-bond acceptors (Lipinski definition) is 3. The molecule has 1 atom stereocenters. The van der Waals surface area contributed by atoms with Crippen LogP contribution in [0.2, 0.25) is 0 Å². The highest BCUT2D eigenvalue weighted by molar-refractivity contribution is 5.79. The molecule has 2 aliphatic rings. The number of piperidine rings is 1. The minimum absolute atomic E-state index is 0.395. The van der Waals surface area contributed by atoms with Crippen molar-refractivity contribution in [1.29, 1.82) is 0 Å². The van der Waals surface area contributed by atoms with E-state index < -0.39 is 0 Å². The summed E-state index contributed by atoms with van der Waals surface area (Å²) in [5.41, 5.74) is 0.395. The van der Waals surface area contributed by atoms with Crippen molar-refractivity contribution in [3.8, 4) is 0 Å². The van der Waals surface area contributed by atoms with E-state index in [-0.39, 0.29) is 0 Å². The molecule has 2 N–H and O–H groups in total. The predicted molar refractivity (Wildman–Crippen MR) is 111 cm³/mol.